The maximum Gasteiger partial charge on any atom is 0.184 e. The van der Waals surface area contributed by atoms with Gasteiger partial charge in [0, 0.05) is 0 Å². The van der Waals surface area contributed by atoms with Gasteiger partial charge >= 0.3 is 0 Å². The lowest BCUT2D eigenvalue weighted by Gasteiger charge is -2.42. The maximum absolute atomic E-state index is 11.0. The van der Waals surface area contributed by atoms with Gasteiger partial charge in [0.05, 0.1) is 20.3 Å². The molecule has 0 aliphatic carbocycles. The van der Waals surface area contributed by atoms with E-state index in [9.17, 15) is 15.3 Å². The second-order valence-electron chi connectivity index (χ2n) is 9.76. The summed E-state index contributed by atoms with van der Waals surface area (Å²) >= 11 is 0. The van der Waals surface area contributed by atoms with Crippen molar-refractivity contribution in [1.29, 1.82) is 0 Å². The van der Waals surface area contributed by atoms with Gasteiger partial charge < -0.3 is 34.3 Å². The molecule has 1 aliphatic rings. The highest BCUT2D eigenvalue weighted by Crippen LogP contribution is 2.41. The summed E-state index contributed by atoms with van der Waals surface area (Å²) in [5.41, 5.74) is 2.45. The van der Waals surface area contributed by atoms with E-state index >= 15 is 0 Å². The molecular weight excluding hydrogens is 508 g/mol. The summed E-state index contributed by atoms with van der Waals surface area (Å²) in [4.78, 5) is 0. The highest BCUT2D eigenvalue weighted by molar-refractivity contribution is 5.47. The zero-order valence-corrected chi connectivity index (χ0v) is 22.2. The highest BCUT2D eigenvalue weighted by atomic mass is 16.7. The summed E-state index contributed by atoms with van der Waals surface area (Å²) in [5.74, 6) is 0.709. The van der Waals surface area contributed by atoms with Crippen LogP contribution in [0.2, 0.25) is 0 Å². The maximum atomic E-state index is 11.0. The number of rotatable bonds is 10. The van der Waals surface area contributed by atoms with Gasteiger partial charge in [-0.25, -0.2) is 0 Å². The second-order valence-corrected chi connectivity index (χ2v) is 9.76. The van der Waals surface area contributed by atoms with E-state index in [1.807, 2.05) is 103 Å². The van der Waals surface area contributed by atoms with Crippen molar-refractivity contribution in [3.05, 3.63) is 138 Å². The lowest BCUT2D eigenvalue weighted by molar-refractivity contribution is -0.302. The van der Waals surface area contributed by atoms with Gasteiger partial charge in [0.25, 0.3) is 0 Å². The molecule has 7 heteroatoms. The van der Waals surface area contributed by atoms with Crippen LogP contribution in [0.25, 0.3) is 0 Å². The number of methoxy groups -OCH3 is 1. The van der Waals surface area contributed by atoms with Gasteiger partial charge in [0.15, 0.2) is 6.29 Å². The molecule has 3 N–H and O–H groups in total. The lowest BCUT2D eigenvalue weighted by Crippen LogP contribution is -2.59. The molecule has 0 radical (unpaired) electrons. The highest BCUT2D eigenvalue weighted by Gasteiger charge is 2.46. The molecule has 1 saturated heterocycles. The molecule has 1 fully saturated rings. The topological polar surface area (TPSA) is 97.6 Å². The molecule has 7 nitrogen and oxygen atoms in total. The molecule has 4 aromatic carbocycles. The minimum Gasteiger partial charge on any atom is -0.497 e. The third kappa shape index (κ3) is 5.81. The van der Waals surface area contributed by atoms with E-state index in [0.29, 0.717) is 5.75 Å². The van der Waals surface area contributed by atoms with Crippen LogP contribution >= 0.6 is 0 Å². The van der Waals surface area contributed by atoms with Crippen molar-refractivity contribution in [3.8, 4) is 5.75 Å². The summed E-state index contributed by atoms with van der Waals surface area (Å²) in [6.45, 7) is -0.00166. The zero-order chi connectivity index (χ0) is 28.0. The molecule has 5 rings (SSSR count). The molecule has 0 spiro atoms. The minimum absolute atomic E-state index is 0.110. The Kier molecular flexibility index (Phi) is 8.91. The van der Waals surface area contributed by atoms with Gasteiger partial charge in [-0.2, -0.15) is 0 Å². The van der Waals surface area contributed by atoms with Gasteiger partial charge in [0.1, 0.15) is 35.8 Å². The largest absolute Gasteiger partial charge is 0.497 e. The van der Waals surface area contributed by atoms with E-state index in [4.69, 9.17) is 18.9 Å². The standard InChI is InChI=1S/C33H34O7/c1-37-27-19-17-23(18-20-27)21-38-31-30(35)29(34)28(40-32(31)36)22-39-33(24-11-5-2-6-12-24,25-13-7-3-8-14-25)26-15-9-4-10-16-26/h2-20,28-32,34-36H,21-22H2,1H3/t28?,29-,30?,31?,32+/m1/s1. The van der Waals surface area contributed by atoms with Crippen LogP contribution in [-0.4, -0.2) is 59.7 Å². The van der Waals surface area contributed by atoms with Crippen LogP contribution in [0.4, 0.5) is 0 Å². The number of hydrogen-bond donors (Lipinski definition) is 3. The molecule has 40 heavy (non-hydrogen) atoms. The van der Waals surface area contributed by atoms with E-state index in [0.717, 1.165) is 22.3 Å². The monoisotopic (exact) mass is 542 g/mol. The van der Waals surface area contributed by atoms with Crippen molar-refractivity contribution in [2.45, 2.75) is 42.9 Å². The molecule has 0 saturated carbocycles. The van der Waals surface area contributed by atoms with Crippen molar-refractivity contribution >= 4 is 0 Å². The van der Waals surface area contributed by atoms with Crippen molar-refractivity contribution in [2.75, 3.05) is 13.7 Å². The molecule has 1 heterocycles. The average molecular weight is 543 g/mol. The van der Waals surface area contributed by atoms with E-state index < -0.39 is 36.3 Å². The van der Waals surface area contributed by atoms with Gasteiger partial charge in [-0.3, -0.25) is 0 Å². The van der Waals surface area contributed by atoms with Crippen LogP contribution in [0.15, 0.2) is 115 Å². The molecular formula is C33H34O7. The quantitative estimate of drug-likeness (QED) is 0.260. The molecule has 0 amide bonds. The molecule has 1 aliphatic heterocycles. The summed E-state index contributed by atoms with van der Waals surface area (Å²) in [7, 11) is 1.59. The average Bonchev–Trinajstić information content (AvgIpc) is 3.01. The molecule has 5 atom stereocenters. The second kappa shape index (κ2) is 12.7. The van der Waals surface area contributed by atoms with Gasteiger partial charge in [-0.05, 0) is 34.4 Å². The van der Waals surface area contributed by atoms with Crippen LogP contribution in [0.1, 0.15) is 22.3 Å². The first kappa shape index (κ1) is 28.0. The van der Waals surface area contributed by atoms with E-state index in [1.165, 1.54) is 0 Å². The summed E-state index contributed by atoms with van der Waals surface area (Å²) < 4.78 is 23.4. The summed E-state index contributed by atoms with van der Waals surface area (Å²) in [5, 5.41) is 32.7. The Morgan fingerprint density at radius 1 is 0.675 bits per heavy atom. The van der Waals surface area contributed by atoms with Gasteiger partial charge in [-0.15, -0.1) is 0 Å². The fourth-order valence-corrected chi connectivity index (χ4v) is 5.13. The Bertz CT molecular complexity index is 1220. The number of ether oxygens (including phenoxy) is 4. The third-order valence-electron chi connectivity index (χ3n) is 7.27. The molecule has 3 unspecified atom stereocenters. The van der Waals surface area contributed by atoms with E-state index in [2.05, 4.69) is 0 Å². The first-order chi connectivity index (χ1) is 19.5. The Hall–Kier alpha value is -3.56. The van der Waals surface area contributed by atoms with E-state index in [-0.39, 0.29) is 13.2 Å². The summed E-state index contributed by atoms with van der Waals surface area (Å²) in [6, 6.07) is 36.7. The van der Waals surface area contributed by atoms with Crippen molar-refractivity contribution in [2.24, 2.45) is 0 Å². The van der Waals surface area contributed by atoms with Crippen LogP contribution in [-0.2, 0) is 26.4 Å². The van der Waals surface area contributed by atoms with E-state index in [1.54, 1.807) is 19.2 Å². The molecule has 4 aromatic rings. The normalized spacial score (nSPS) is 23.1. The molecule has 0 aromatic heterocycles. The van der Waals surface area contributed by atoms with Gasteiger partial charge in [0.2, 0.25) is 0 Å². The Labute approximate surface area is 234 Å². The van der Waals surface area contributed by atoms with Crippen LogP contribution < -0.4 is 4.74 Å². The number of hydrogen-bond acceptors (Lipinski definition) is 7. The van der Waals surface area contributed by atoms with Gasteiger partial charge in [-0.1, -0.05) is 103 Å². The SMILES string of the molecule is COc1ccc(COC2C(O)[C@H](O)C(COC(c3ccccc3)(c3ccccc3)c3ccccc3)O[C@@H]2O)cc1. The Balaban J connectivity index is 1.37. The number of benzene rings is 4. The minimum atomic E-state index is -1.47. The van der Waals surface area contributed by atoms with Crippen molar-refractivity contribution < 1.29 is 34.3 Å². The third-order valence-corrected chi connectivity index (χ3v) is 7.27. The Morgan fingerprint density at radius 2 is 1.18 bits per heavy atom. The van der Waals surface area contributed by atoms with Crippen LogP contribution in [0, 0.1) is 0 Å². The summed E-state index contributed by atoms with van der Waals surface area (Å²) in [6.07, 6.45) is -6.37. The first-order valence-electron chi connectivity index (χ1n) is 13.3. The lowest BCUT2D eigenvalue weighted by atomic mass is 9.80. The van der Waals surface area contributed by atoms with Crippen LogP contribution in [0.5, 0.6) is 5.75 Å². The smallest absolute Gasteiger partial charge is 0.184 e. The number of aliphatic hydroxyl groups excluding tert-OH is 3. The fraction of sp³-hybridized carbons (Fsp3) is 0.273. The molecule has 0 bridgehead atoms. The predicted molar refractivity (Wildman–Crippen MR) is 150 cm³/mol. The first-order valence-corrected chi connectivity index (χ1v) is 13.3. The Morgan fingerprint density at radius 3 is 1.65 bits per heavy atom. The zero-order valence-electron chi connectivity index (χ0n) is 22.2. The van der Waals surface area contributed by atoms with Crippen molar-refractivity contribution in [1.82, 2.24) is 0 Å². The fourth-order valence-electron chi connectivity index (χ4n) is 5.13. The predicted octanol–water partition coefficient (Wildman–Crippen LogP) is 4.03. The van der Waals surface area contributed by atoms with Crippen LogP contribution in [0.3, 0.4) is 0 Å². The number of aliphatic hydroxyl groups is 3. The molecule has 208 valence electrons. The van der Waals surface area contributed by atoms with Crippen molar-refractivity contribution in [3.63, 3.8) is 0 Å².